The Hall–Kier alpha value is -1.60. The Morgan fingerprint density at radius 2 is 1.94 bits per heavy atom. The van der Waals surface area contributed by atoms with Gasteiger partial charge in [-0.1, -0.05) is 6.92 Å². The Morgan fingerprint density at radius 1 is 1.22 bits per heavy atom. The van der Waals surface area contributed by atoms with Crippen LogP contribution in [0.5, 0.6) is 0 Å². The molecular formula is C11H16O7. The largest absolute Gasteiger partial charge is 0.519 e. The number of esters is 1. The minimum absolute atomic E-state index is 0.138. The standard InChI is InChI=1S/C11H16O7/c1-3-8-9(18-11(13)17-8)6-16-10(12)7-15-5-4-14-2/h3-7H2,1-2H3. The number of hydrogen-bond acceptors (Lipinski definition) is 7. The van der Waals surface area contributed by atoms with Crippen molar-refractivity contribution in [1.82, 2.24) is 0 Å². The average Bonchev–Trinajstić information content (AvgIpc) is 2.72. The molecule has 0 radical (unpaired) electrons. The molecule has 0 aliphatic heterocycles. The number of aryl methyl sites for hydroxylation is 1. The zero-order valence-electron chi connectivity index (χ0n) is 10.4. The van der Waals surface area contributed by atoms with Crippen LogP contribution in [0.15, 0.2) is 13.6 Å². The van der Waals surface area contributed by atoms with Crippen LogP contribution in [-0.2, 0) is 32.0 Å². The lowest BCUT2D eigenvalue weighted by molar-refractivity contribution is -0.151. The highest BCUT2D eigenvalue weighted by Gasteiger charge is 2.13. The van der Waals surface area contributed by atoms with Crippen LogP contribution >= 0.6 is 0 Å². The van der Waals surface area contributed by atoms with Gasteiger partial charge in [0.1, 0.15) is 6.61 Å². The molecule has 0 bridgehead atoms. The fourth-order valence-corrected chi connectivity index (χ4v) is 1.20. The molecule has 1 rings (SSSR count). The topological polar surface area (TPSA) is 88.1 Å². The van der Waals surface area contributed by atoms with Gasteiger partial charge in [0, 0.05) is 13.5 Å². The van der Waals surface area contributed by atoms with Gasteiger partial charge in [0.2, 0.25) is 0 Å². The maximum absolute atomic E-state index is 11.2. The number of rotatable bonds is 8. The summed E-state index contributed by atoms with van der Waals surface area (Å²) < 4.78 is 24.1. The first-order chi connectivity index (χ1) is 8.67. The fourth-order valence-electron chi connectivity index (χ4n) is 1.20. The van der Waals surface area contributed by atoms with Crippen LogP contribution in [0.1, 0.15) is 18.4 Å². The molecule has 1 heterocycles. The molecule has 0 amide bonds. The van der Waals surface area contributed by atoms with Gasteiger partial charge < -0.3 is 23.0 Å². The summed E-state index contributed by atoms with van der Waals surface area (Å²) in [6, 6.07) is 0. The quantitative estimate of drug-likeness (QED) is 0.496. The minimum Gasteiger partial charge on any atom is -0.456 e. The zero-order chi connectivity index (χ0) is 13.4. The first-order valence-corrected chi connectivity index (χ1v) is 5.51. The molecule has 0 aliphatic carbocycles. The number of carbonyl (C=O) groups excluding carboxylic acids is 1. The number of hydrogen-bond donors (Lipinski definition) is 0. The molecular weight excluding hydrogens is 244 g/mol. The Bertz CT molecular complexity index is 417. The Kier molecular flexibility index (Phi) is 6.16. The van der Waals surface area contributed by atoms with E-state index in [0.29, 0.717) is 25.4 Å². The van der Waals surface area contributed by atoms with Crippen molar-refractivity contribution in [2.75, 3.05) is 26.9 Å². The maximum Gasteiger partial charge on any atom is 0.519 e. The second-order valence-corrected chi connectivity index (χ2v) is 3.36. The summed E-state index contributed by atoms with van der Waals surface area (Å²) in [6.07, 6.45) is 0.489. The molecule has 0 saturated heterocycles. The molecule has 7 heteroatoms. The van der Waals surface area contributed by atoms with E-state index in [-0.39, 0.29) is 19.0 Å². The molecule has 7 nitrogen and oxygen atoms in total. The van der Waals surface area contributed by atoms with E-state index < -0.39 is 11.8 Å². The first kappa shape index (κ1) is 14.5. The second kappa shape index (κ2) is 7.67. The lowest BCUT2D eigenvalue weighted by Crippen LogP contribution is -2.14. The predicted octanol–water partition coefficient (Wildman–Crippen LogP) is 0.501. The number of carbonyl (C=O) groups is 1. The van der Waals surface area contributed by atoms with Gasteiger partial charge in [0.05, 0.1) is 13.2 Å². The second-order valence-electron chi connectivity index (χ2n) is 3.36. The molecule has 0 aromatic carbocycles. The van der Waals surface area contributed by atoms with Crippen LogP contribution in [0.2, 0.25) is 0 Å². The molecule has 1 aromatic heterocycles. The van der Waals surface area contributed by atoms with Crippen molar-refractivity contribution in [3.63, 3.8) is 0 Å². The summed E-state index contributed by atoms with van der Waals surface area (Å²) in [5.74, 6) is -0.730. The van der Waals surface area contributed by atoms with Gasteiger partial charge in [-0.3, -0.25) is 0 Å². The third-order valence-corrected chi connectivity index (χ3v) is 2.06. The van der Waals surface area contributed by atoms with E-state index >= 15 is 0 Å². The summed E-state index contributed by atoms with van der Waals surface area (Å²) in [6.45, 7) is 2.21. The number of methoxy groups -OCH3 is 1. The molecule has 0 spiro atoms. The summed E-state index contributed by atoms with van der Waals surface area (Å²) in [4.78, 5) is 22.1. The molecule has 18 heavy (non-hydrogen) atoms. The van der Waals surface area contributed by atoms with E-state index in [1.807, 2.05) is 0 Å². The van der Waals surface area contributed by atoms with E-state index in [9.17, 15) is 9.59 Å². The normalized spacial score (nSPS) is 10.6. The Balaban J connectivity index is 2.31. The third kappa shape index (κ3) is 4.72. The van der Waals surface area contributed by atoms with Crippen LogP contribution in [-0.4, -0.2) is 32.9 Å². The SMILES string of the molecule is CCc1oc(=O)oc1COC(=O)COCCOC. The fraction of sp³-hybridized carbons (Fsp3) is 0.636. The van der Waals surface area contributed by atoms with E-state index in [0.717, 1.165) is 0 Å². The monoisotopic (exact) mass is 260 g/mol. The number of ether oxygens (including phenoxy) is 3. The van der Waals surface area contributed by atoms with Crippen LogP contribution in [0, 0.1) is 0 Å². The van der Waals surface area contributed by atoms with Gasteiger partial charge in [0.15, 0.2) is 18.1 Å². The highest BCUT2D eigenvalue weighted by molar-refractivity contribution is 5.70. The molecule has 0 fully saturated rings. The lowest BCUT2D eigenvalue weighted by Gasteiger charge is -2.04. The van der Waals surface area contributed by atoms with Crippen molar-refractivity contribution >= 4 is 5.97 Å². The summed E-state index contributed by atoms with van der Waals surface area (Å²) in [5, 5.41) is 0. The van der Waals surface area contributed by atoms with Gasteiger partial charge in [-0.15, -0.1) is 0 Å². The van der Waals surface area contributed by atoms with Crippen molar-refractivity contribution in [1.29, 1.82) is 0 Å². The first-order valence-electron chi connectivity index (χ1n) is 5.51. The van der Waals surface area contributed by atoms with E-state index in [2.05, 4.69) is 0 Å². The molecule has 102 valence electrons. The third-order valence-electron chi connectivity index (χ3n) is 2.06. The van der Waals surface area contributed by atoms with Crippen molar-refractivity contribution in [3.8, 4) is 0 Å². The summed E-state index contributed by atoms with van der Waals surface area (Å²) in [7, 11) is 1.54. The van der Waals surface area contributed by atoms with Crippen molar-refractivity contribution in [3.05, 3.63) is 22.1 Å². The van der Waals surface area contributed by atoms with E-state index in [4.69, 9.17) is 23.0 Å². The molecule has 0 unspecified atom stereocenters. The molecule has 0 saturated carbocycles. The van der Waals surface area contributed by atoms with Crippen LogP contribution in [0.4, 0.5) is 0 Å². The van der Waals surface area contributed by atoms with E-state index in [1.165, 1.54) is 7.11 Å². The van der Waals surface area contributed by atoms with Crippen molar-refractivity contribution < 1.29 is 27.8 Å². The smallest absolute Gasteiger partial charge is 0.456 e. The van der Waals surface area contributed by atoms with Gasteiger partial charge in [-0.05, 0) is 0 Å². The average molecular weight is 260 g/mol. The molecule has 0 aliphatic rings. The molecule has 0 atom stereocenters. The van der Waals surface area contributed by atoms with Gasteiger partial charge >= 0.3 is 11.8 Å². The summed E-state index contributed by atoms with van der Waals surface area (Å²) in [5.41, 5.74) is 0. The van der Waals surface area contributed by atoms with Crippen molar-refractivity contribution in [2.24, 2.45) is 0 Å². The van der Waals surface area contributed by atoms with Crippen molar-refractivity contribution in [2.45, 2.75) is 20.0 Å². The highest BCUT2D eigenvalue weighted by Crippen LogP contribution is 2.08. The van der Waals surface area contributed by atoms with Gasteiger partial charge in [0.25, 0.3) is 0 Å². The van der Waals surface area contributed by atoms with Crippen LogP contribution in [0.3, 0.4) is 0 Å². The van der Waals surface area contributed by atoms with Gasteiger partial charge in [-0.2, -0.15) is 0 Å². The maximum atomic E-state index is 11.2. The summed E-state index contributed by atoms with van der Waals surface area (Å²) >= 11 is 0. The zero-order valence-corrected chi connectivity index (χ0v) is 10.4. The Labute approximate surface area is 104 Å². The molecule has 1 aromatic rings. The van der Waals surface area contributed by atoms with Crippen LogP contribution in [0.25, 0.3) is 0 Å². The predicted molar refractivity (Wildman–Crippen MR) is 59.1 cm³/mol. The lowest BCUT2D eigenvalue weighted by atomic mass is 10.3. The minimum atomic E-state index is -0.797. The van der Waals surface area contributed by atoms with Gasteiger partial charge in [-0.25, -0.2) is 9.59 Å². The highest BCUT2D eigenvalue weighted by atomic mass is 16.6. The van der Waals surface area contributed by atoms with Crippen LogP contribution < -0.4 is 5.82 Å². The molecule has 0 N–H and O–H groups in total. The van der Waals surface area contributed by atoms with E-state index in [1.54, 1.807) is 6.92 Å². The Morgan fingerprint density at radius 3 is 2.61 bits per heavy atom.